The van der Waals surface area contributed by atoms with E-state index in [0.717, 1.165) is 15.4 Å². The molecule has 3 aromatic carbocycles. The van der Waals surface area contributed by atoms with Gasteiger partial charge in [-0.2, -0.15) is 0 Å². The minimum atomic E-state index is -4.16. The number of carbonyl (C=O) groups is 2. The van der Waals surface area contributed by atoms with Crippen molar-refractivity contribution in [3.05, 3.63) is 93.5 Å². The van der Waals surface area contributed by atoms with Crippen LogP contribution in [0.3, 0.4) is 0 Å². The molecule has 41 heavy (non-hydrogen) atoms. The van der Waals surface area contributed by atoms with Gasteiger partial charge in [-0.15, -0.1) is 0 Å². The van der Waals surface area contributed by atoms with Crippen molar-refractivity contribution in [2.24, 2.45) is 0 Å². The average molecular weight is 619 g/mol. The number of anilines is 1. The van der Waals surface area contributed by atoms with Gasteiger partial charge >= 0.3 is 0 Å². The molecule has 0 aliphatic rings. The summed E-state index contributed by atoms with van der Waals surface area (Å²) >= 11 is 12.9. The number of hydrogen-bond donors (Lipinski definition) is 1. The molecule has 0 aliphatic heterocycles. The summed E-state index contributed by atoms with van der Waals surface area (Å²) in [5.41, 5.74) is 2.55. The number of benzene rings is 3. The predicted octanol–water partition coefficient (Wildman–Crippen LogP) is 6.39. The number of aryl methyl sites for hydroxylation is 2. The Bertz CT molecular complexity index is 1460. The Labute approximate surface area is 253 Å². The number of para-hydroxylation sites is 1. The standard InChI is InChI=1S/C31H37Cl2N3O4S/c1-6-23-11-8-9-14-29(23)36(41(39,40)24-17-15-22(5)16-18-24)20-30(37)35(28(7-2)31(38)34-21(3)4)19-25-26(32)12-10-13-27(25)33/h8-18,21,28H,6-7,19-20H2,1-5H3,(H,34,38). The first-order valence-electron chi connectivity index (χ1n) is 13.6. The van der Waals surface area contributed by atoms with Crippen molar-refractivity contribution in [1.29, 1.82) is 0 Å². The molecule has 2 amide bonds. The second-order valence-electron chi connectivity index (χ2n) is 10.1. The van der Waals surface area contributed by atoms with Crippen molar-refractivity contribution in [1.82, 2.24) is 10.2 Å². The molecule has 3 aromatic rings. The number of carbonyl (C=O) groups excluding carboxylic acids is 2. The lowest BCUT2D eigenvalue weighted by Crippen LogP contribution is -2.53. The number of nitrogens with one attached hydrogen (secondary N) is 1. The molecule has 0 saturated heterocycles. The number of nitrogens with zero attached hydrogens (tertiary/aromatic N) is 2. The number of hydrogen-bond acceptors (Lipinski definition) is 4. The highest BCUT2D eigenvalue weighted by molar-refractivity contribution is 7.92. The Kier molecular flexibility index (Phi) is 11.2. The third-order valence-electron chi connectivity index (χ3n) is 6.74. The highest BCUT2D eigenvalue weighted by Crippen LogP contribution is 2.30. The van der Waals surface area contributed by atoms with Crippen molar-refractivity contribution >= 4 is 50.7 Å². The van der Waals surface area contributed by atoms with Crippen LogP contribution in [0.2, 0.25) is 10.0 Å². The minimum absolute atomic E-state index is 0.0621. The summed E-state index contributed by atoms with van der Waals surface area (Å²) in [6.45, 7) is 8.65. The third-order valence-corrected chi connectivity index (χ3v) is 9.22. The molecular weight excluding hydrogens is 581 g/mol. The molecule has 0 radical (unpaired) electrons. The van der Waals surface area contributed by atoms with Crippen LogP contribution in [0.15, 0.2) is 71.6 Å². The number of amides is 2. The van der Waals surface area contributed by atoms with E-state index in [1.807, 2.05) is 39.8 Å². The maximum absolute atomic E-state index is 14.2. The van der Waals surface area contributed by atoms with Crippen molar-refractivity contribution in [2.75, 3.05) is 10.8 Å². The molecule has 1 unspecified atom stereocenters. The molecule has 220 valence electrons. The first-order chi connectivity index (χ1) is 19.4. The van der Waals surface area contributed by atoms with Crippen LogP contribution in [0.5, 0.6) is 0 Å². The van der Waals surface area contributed by atoms with Gasteiger partial charge in [0.05, 0.1) is 10.6 Å². The van der Waals surface area contributed by atoms with Crippen molar-refractivity contribution < 1.29 is 18.0 Å². The van der Waals surface area contributed by atoms with Gasteiger partial charge in [0.15, 0.2) is 0 Å². The second kappa shape index (κ2) is 14.2. The van der Waals surface area contributed by atoms with Gasteiger partial charge in [0.1, 0.15) is 12.6 Å². The van der Waals surface area contributed by atoms with E-state index in [1.54, 1.807) is 49.4 Å². The molecule has 10 heteroatoms. The van der Waals surface area contributed by atoms with Gasteiger partial charge in [0.2, 0.25) is 11.8 Å². The zero-order valence-corrected chi connectivity index (χ0v) is 26.4. The highest BCUT2D eigenvalue weighted by Gasteiger charge is 2.35. The maximum atomic E-state index is 14.2. The van der Waals surface area contributed by atoms with E-state index < -0.39 is 28.5 Å². The molecule has 0 fully saturated rings. The zero-order valence-electron chi connectivity index (χ0n) is 24.0. The molecule has 0 bridgehead atoms. The van der Waals surface area contributed by atoms with E-state index in [1.165, 1.54) is 17.0 Å². The van der Waals surface area contributed by atoms with Crippen LogP contribution >= 0.6 is 23.2 Å². The Morgan fingerprint density at radius 2 is 1.51 bits per heavy atom. The van der Waals surface area contributed by atoms with Crippen LogP contribution < -0.4 is 9.62 Å². The molecule has 7 nitrogen and oxygen atoms in total. The van der Waals surface area contributed by atoms with Gasteiger partial charge in [0, 0.05) is 28.2 Å². The molecule has 0 spiro atoms. The molecule has 1 N–H and O–H groups in total. The van der Waals surface area contributed by atoms with Gasteiger partial charge < -0.3 is 10.2 Å². The summed E-state index contributed by atoms with van der Waals surface area (Å²) in [5, 5.41) is 3.56. The summed E-state index contributed by atoms with van der Waals surface area (Å²) < 4.78 is 29.3. The smallest absolute Gasteiger partial charge is 0.264 e. The maximum Gasteiger partial charge on any atom is 0.264 e. The fourth-order valence-electron chi connectivity index (χ4n) is 4.56. The lowest BCUT2D eigenvalue weighted by Gasteiger charge is -2.34. The number of rotatable bonds is 12. The van der Waals surface area contributed by atoms with E-state index in [4.69, 9.17) is 23.2 Å². The van der Waals surface area contributed by atoms with Gasteiger partial charge in [-0.25, -0.2) is 8.42 Å². The van der Waals surface area contributed by atoms with Crippen LogP contribution in [0.25, 0.3) is 0 Å². The Balaban J connectivity index is 2.14. The first-order valence-corrected chi connectivity index (χ1v) is 15.8. The lowest BCUT2D eigenvalue weighted by molar-refractivity contribution is -0.140. The van der Waals surface area contributed by atoms with Gasteiger partial charge in [-0.3, -0.25) is 13.9 Å². The fourth-order valence-corrected chi connectivity index (χ4v) is 6.53. The highest BCUT2D eigenvalue weighted by atomic mass is 35.5. The summed E-state index contributed by atoms with van der Waals surface area (Å²) in [5.74, 6) is -0.908. The Morgan fingerprint density at radius 1 is 0.902 bits per heavy atom. The molecule has 0 heterocycles. The monoisotopic (exact) mass is 617 g/mol. The van der Waals surface area contributed by atoms with Crippen LogP contribution in [-0.2, 0) is 32.6 Å². The van der Waals surface area contributed by atoms with Crippen LogP contribution in [0, 0.1) is 6.92 Å². The quantitative estimate of drug-likeness (QED) is 0.255. The van der Waals surface area contributed by atoms with Gasteiger partial charge in [0.25, 0.3) is 10.0 Å². The zero-order chi connectivity index (χ0) is 30.3. The van der Waals surface area contributed by atoms with Gasteiger partial charge in [-0.1, -0.05) is 79.0 Å². The lowest BCUT2D eigenvalue weighted by atomic mass is 10.1. The van der Waals surface area contributed by atoms with Gasteiger partial charge in [-0.05, 0) is 69.5 Å². The molecule has 0 aliphatic carbocycles. The Hall–Kier alpha value is -3.07. The van der Waals surface area contributed by atoms with E-state index in [2.05, 4.69) is 5.32 Å². The van der Waals surface area contributed by atoms with E-state index >= 15 is 0 Å². The minimum Gasteiger partial charge on any atom is -0.352 e. The molecule has 0 saturated carbocycles. The second-order valence-corrected chi connectivity index (χ2v) is 12.8. The summed E-state index contributed by atoms with van der Waals surface area (Å²) in [6, 6.07) is 17.6. The number of halogens is 2. The summed E-state index contributed by atoms with van der Waals surface area (Å²) in [4.78, 5) is 29.0. The molecular formula is C31H37Cl2N3O4S. The van der Waals surface area contributed by atoms with Crippen molar-refractivity contribution in [3.63, 3.8) is 0 Å². The summed E-state index contributed by atoms with van der Waals surface area (Å²) in [6.07, 6.45) is 0.847. The molecule has 3 rings (SSSR count). The molecule has 1 atom stereocenters. The van der Waals surface area contributed by atoms with E-state index in [0.29, 0.717) is 34.1 Å². The largest absolute Gasteiger partial charge is 0.352 e. The Morgan fingerprint density at radius 3 is 2.07 bits per heavy atom. The number of sulfonamides is 1. The SMILES string of the molecule is CCc1ccccc1N(CC(=O)N(Cc1c(Cl)cccc1Cl)C(CC)C(=O)NC(C)C)S(=O)(=O)c1ccc(C)cc1. The van der Waals surface area contributed by atoms with E-state index in [9.17, 15) is 18.0 Å². The summed E-state index contributed by atoms with van der Waals surface area (Å²) in [7, 11) is -4.16. The third kappa shape index (κ3) is 7.82. The average Bonchev–Trinajstić information content (AvgIpc) is 2.92. The fraction of sp³-hybridized carbons (Fsp3) is 0.355. The first kappa shape index (κ1) is 32.4. The topological polar surface area (TPSA) is 86.8 Å². The van der Waals surface area contributed by atoms with Crippen LogP contribution in [0.1, 0.15) is 50.8 Å². The van der Waals surface area contributed by atoms with Crippen LogP contribution in [0.4, 0.5) is 5.69 Å². The van der Waals surface area contributed by atoms with Crippen LogP contribution in [-0.4, -0.2) is 43.8 Å². The van der Waals surface area contributed by atoms with E-state index in [-0.39, 0.29) is 23.4 Å². The normalized spacial score (nSPS) is 12.2. The molecule has 0 aromatic heterocycles. The van der Waals surface area contributed by atoms with Crippen molar-refractivity contribution in [3.8, 4) is 0 Å². The predicted molar refractivity (Wildman–Crippen MR) is 166 cm³/mol. The van der Waals surface area contributed by atoms with Crippen molar-refractivity contribution in [2.45, 2.75) is 71.0 Å².